The Kier molecular flexibility index (Phi) is 3.76. The molecule has 2 aromatic rings. The number of aromatic carboxylic acids is 1. The maximum absolute atomic E-state index is 11.0. The van der Waals surface area contributed by atoms with Gasteiger partial charge in [0, 0.05) is 27.7 Å². The largest absolute Gasteiger partial charge is 0.478 e. The second kappa shape index (κ2) is 5.32. The van der Waals surface area contributed by atoms with E-state index < -0.39 is 5.97 Å². The highest BCUT2D eigenvalue weighted by molar-refractivity contribution is 7.12. The second-order valence-corrected chi connectivity index (χ2v) is 5.75. The number of hydrogen-bond acceptors (Lipinski definition) is 4. The Labute approximate surface area is 115 Å². The van der Waals surface area contributed by atoms with E-state index in [1.807, 2.05) is 0 Å². The molecule has 2 rings (SSSR count). The minimum Gasteiger partial charge on any atom is -0.478 e. The van der Waals surface area contributed by atoms with Gasteiger partial charge in [-0.1, -0.05) is 0 Å². The van der Waals surface area contributed by atoms with E-state index in [4.69, 9.17) is 10.8 Å². The summed E-state index contributed by atoms with van der Waals surface area (Å²) >= 11 is 1.74. The Hall–Kier alpha value is -2.01. The number of nitrogen functional groups attached to an aromatic ring is 1. The Balaban J connectivity index is 2.11. The Morgan fingerprint density at radius 1 is 1.37 bits per heavy atom. The highest BCUT2D eigenvalue weighted by Gasteiger charge is 2.08. The van der Waals surface area contributed by atoms with Gasteiger partial charge in [-0.25, -0.2) is 4.79 Å². The number of nitrogens with one attached hydrogen (secondary N) is 1. The average molecular weight is 276 g/mol. The fraction of sp³-hybridized carbons (Fsp3) is 0.214. The number of benzene rings is 1. The summed E-state index contributed by atoms with van der Waals surface area (Å²) in [5.74, 6) is -1.01. The zero-order valence-electron chi connectivity index (χ0n) is 10.9. The van der Waals surface area contributed by atoms with Crippen molar-refractivity contribution < 1.29 is 9.90 Å². The van der Waals surface area contributed by atoms with Crippen LogP contribution in [0.1, 0.15) is 25.7 Å². The molecule has 5 heteroatoms. The van der Waals surface area contributed by atoms with Crippen LogP contribution in [0.2, 0.25) is 0 Å². The molecule has 0 saturated heterocycles. The first-order valence-corrected chi connectivity index (χ1v) is 6.71. The lowest BCUT2D eigenvalue weighted by molar-refractivity contribution is 0.0698. The molecule has 100 valence electrons. The molecule has 0 bridgehead atoms. The summed E-state index contributed by atoms with van der Waals surface area (Å²) in [7, 11) is 0. The highest BCUT2D eigenvalue weighted by Crippen LogP contribution is 2.23. The third kappa shape index (κ3) is 3.06. The summed E-state index contributed by atoms with van der Waals surface area (Å²) in [5, 5.41) is 12.2. The molecule has 4 N–H and O–H groups in total. The number of carboxylic acids is 1. The zero-order valence-corrected chi connectivity index (χ0v) is 11.7. The van der Waals surface area contributed by atoms with Crippen LogP contribution >= 0.6 is 11.3 Å². The summed E-state index contributed by atoms with van der Waals surface area (Å²) in [6.07, 6.45) is 0. The van der Waals surface area contributed by atoms with Crippen LogP contribution in [0.3, 0.4) is 0 Å². The second-order valence-electron chi connectivity index (χ2n) is 4.41. The van der Waals surface area contributed by atoms with Gasteiger partial charge in [0.05, 0.1) is 5.56 Å². The Morgan fingerprint density at radius 2 is 2.11 bits per heavy atom. The molecule has 1 aromatic heterocycles. The lowest BCUT2D eigenvalue weighted by atomic mass is 10.1. The summed E-state index contributed by atoms with van der Waals surface area (Å²) < 4.78 is 0. The lowest BCUT2D eigenvalue weighted by Gasteiger charge is -2.07. The van der Waals surface area contributed by atoms with E-state index in [1.54, 1.807) is 29.5 Å². The van der Waals surface area contributed by atoms with Crippen LogP contribution < -0.4 is 11.1 Å². The van der Waals surface area contributed by atoms with Gasteiger partial charge in [0.1, 0.15) is 0 Å². The van der Waals surface area contributed by atoms with E-state index in [-0.39, 0.29) is 11.3 Å². The SMILES string of the molecule is Cc1cc(CNc2ccc(N)c(C(=O)O)c2)sc1C. The Bertz CT molecular complexity index is 600. The van der Waals surface area contributed by atoms with E-state index >= 15 is 0 Å². The number of thiophene rings is 1. The normalized spacial score (nSPS) is 10.4. The van der Waals surface area contributed by atoms with Gasteiger partial charge in [0.2, 0.25) is 0 Å². The predicted molar refractivity (Wildman–Crippen MR) is 78.9 cm³/mol. The lowest BCUT2D eigenvalue weighted by Crippen LogP contribution is -2.04. The van der Waals surface area contributed by atoms with E-state index in [0.29, 0.717) is 6.54 Å². The molecule has 0 aliphatic rings. The molecule has 4 nitrogen and oxygen atoms in total. The van der Waals surface area contributed by atoms with Crippen molar-refractivity contribution in [2.45, 2.75) is 20.4 Å². The van der Waals surface area contributed by atoms with Crippen LogP contribution in [0.25, 0.3) is 0 Å². The predicted octanol–water partition coefficient (Wildman–Crippen LogP) is 3.26. The molecule has 1 heterocycles. The van der Waals surface area contributed by atoms with Crippen molar-refractivity contribution in [3.8, 4) is 0 Å². The van der Waals surface area contributed by atoms with Crippen LogP contribution in [0.5, 0.6) is 0 Å². The fourth-order valence-corrected chi connectivity index (χ4v) is 2.77. The topological polar surface area (TPSA) is 75.3 Å². The van der Waals surface area contributed by atoms with Gasteiger partial charge in [-0.05, 0) is 43.7 Å². The van der Waals surface area contributed by atoms with Gasteiger partial charge in [-0.2, -0.15) is 0 Å². The van der Waals surface area contributed by atoms with E-state index in [9.17, 15) is 4.79 Å². The van der Waals surface area contributed by atoms with Crippen molar-refractivity contribution in [3.63, 3.8) is 0 Å². The molecular formula is C14H16N2O2S. The minimum atomic E-state index is -1.01. The molecule has 0 aliphatic heterocycles. The first kappa shape index (κ1) is 13.4. The van der Waals surface area contributed by atoms with Crippen LogP contribution in [-0.2, 0) is 6.54 Å². The average Bonchev–Trinajstić information content (AvgIpc) is 2.67. The number of aryl methyl sites for hydroxylation is 2. The van der Waals surface area contributed by atoms with Gasteiger partial charge < -0.3 is 16.2 Å². The van der Waals surface area contributed by atoms with Gasteiger partial charge >= 0.3 is 5.97 Å². The van der Waals surface area contributed by atoms with Gasteiger partial charge in [0.25, 0.3) is 0 Å². The maximum Gasteiger partial charge on any atom is 0.337 e. The molecular weight excluding hydrogens is 260 g/mol. The summed E-state index contributed by atoms with van der Waals surface area (Å²) in [4.78, 5) is 13.5. The molecule has 19 heavy (non-hydrogen) atoms. The smallest absolute Gasteiger partial charge is 0.337 e. The summed E-state index contributed by atoms with van der Waals surface area (Å²) in [6.45, 7) is 4.86. The standard InChI is InChI=1S/C14H16N2O2S/c1-8-5-11(19-9(8)2)7-16-10-3-4-13(15)12(6-10)14(17)18/h3-6,16H,7,15H2,1-2H3,(H,17,18). The van der Waals surface area contributed by atoms with Crippen LogP contribution in [0.4, 0.5) is 11.4 Å². The number of hydrogen-bond donors (Lipinski definition) is 3. The molecule has 1 aromatic carbocycles. The van der Waals surface area contributed by atoms with Crippen LogP contribution in [0, 0.1) is 13.8 Å². The number of nitrogens with two attached hydrogens (primary N) is 1. The molecule has 0 atom stereocenters. The maximum atomic E-state index is 11.0. The van der Waals surface area contributed by atoms with Crippen molar-refractivity contribution in [1.82, 2.24) is 0 Å². The van der Waals surface area contributed by atoms with Gasteiger partial charge in [-0.15, -0.1) is 11.3 Å². The van der Waals surface area contributed by atoms with Crippen molar-refractivity contribution in [3.05, 3.63) is 45.1 Å². The first-order valence-electron chi connectivity index (χ1n) is 5.90. The summed E-state index contributed by atoms with van der Waals surface area (Å²) in [6, 6.07) is 7.10. The molecule has 0 spiro atoms. The molecule has 0 saturated carbocycles. The number of carbonyl (C=O) groups is 1. The molecule has 0 fully saturated rings. The van der Waals surface area contributed by atoms with E-state index in [0.717, 1.165) is 5.69 Å². The first-order chi connectivity index (χ1) is 8.97. The quantitative estimate of drug-likeness (QED) is 0.749. The van der Waals surface area contributed by atoms with E-state index in [2.05, 4.69) is 25.2 Å². The van der Waals surface area contributed by atoms with Crippen molar-refractivity contribution in [1.29, 1.82) is 0 Å². The van der Waals surface area contributed by atoms with Gasteiger partial charge in [-0.3, -0.25) is 0 Å². The highest BCUT2D eigenvalue weighted by atomic mass is 32.1. The van der Waals surface area contributed by atoms with Crippen LogP contribution in [0.15, 0.2) is 24.3 Å². The van der Waals surface area contributed by atoms with Crippen molar-refractivity contribution in [2.24, 2.45) is 0 Å². The third-order valence-electron chi connectivity index (χ3n) is 2.97. The van der Waals surface area contributed by atoms with Gasteiger partial charge in [0.15, 0.2) is 0 Å². The number of rotatable bonds is 4. The molecule has 0 aliphatic carbocycles. The summed E-state index contributed by atoms with van der Waals surface area (Å²) in [5.41, 5.74) is 8.06. The minimum absolute atomic E-state index is 0.128. The zero-order chi connectivity index (χ0) is 14.0. The molecule has 0 unspecified atom stereocenters. The number of anilines is 2. The number of carboxylic acid groups (broad SMARTS) is 1. The monoisotopic (exact) mass is 276 g/mol. The Morgan fingerprint density at radius 3 is 2.68 bits per heavy atom. The molecule has 0 amide bonds. The third-order valence-corrected chi connectivity index (χ3v) is 4.12. The fourth-order valence-electron chi connectivity index (χ4n) is 1.78. The van der Waals surface area contributed by atoms with Crippen molar-refractivity contribution in [2.75, 3.05) is 11.1 Å². The van der Waals surface area contributed by atoms with Crippen LogP contribution in [-0.4, -0.2) is 11.1 Å². The molecule has 0 radical (unpaired) electrons. The van der Waals surface area contributed by atoms with E-state index in [1.165, 1.54) is 15.3 Å². The van der Waals surface area contributed by atoms with Crippen molar-refractivity contribution >= 4 is 28.7 Å².